The smallest absolute Gasteiger partial charge is 0.208 e. The molecule has 7 heteroatoms. The summed E-state index contributed by atoms with van der Waals surface area (Å²) in [4.78, 5) is 0. The van der Waals surface area contributed by atoms with Gasteiger partial charge in [0.1, 0.15) is 11.0 Å². The molecule has 0 aliphatic carbocycles. The van der Waals surface area contributed by atoms with Gasteiger partial charge in [-0.1, -0.05) is 66.2 Å². The maximum atomic E-state index is 11.5. The number of aromatic nitrogens is 2. The average molecular weight is 487 g/mol. The predicted molar refractivity (Wildman–Crippen MR) is 141 cm³/mol. The van der Waals surface area contributed by atoms with E-state index in [1.165, 1.54) is 0 Å². The minimum Gasteiger partial charge on any atom is -0.306 e. The fourth-order valence-corrected chi connectivity index (χ4v) is 4.83. The van der Waals surface area contributed by atoms with Crippen LogP contribution in [-0.2, 0) is 17.5 Å². The number of anilines is 1. The van der Waals surface area contributed by atoms with E-state index in [4.69, 9.17) is 17.0 Å². The number of para-hydroxylation sites is 2. The van der Waals surface area contributed by atoms with Crippen LogP contribution in [0.25, 0.3) is 27.8 Å². The highest BCUT2D eigenvalue weighted by atomic mass is 35.5. The topological polar surface area (TPSA) is 62.8 Å². The first-order valence-electron chi connectivity index (χ1n) is 10.8. The monoisotopic (exact) mass is 486 g/mol. The summed E-state index contributed by atoms with van der Waals surface area (Å²) in [5.74, 6) is 0. The summed E-state index contributed by atoms with van der Waals surface area (Å²) in [5, 5.41) is 9.68. The van der Waals surface area contributed by atoms with E-state index in [0.29, 0.717) is 17.2 Å². The Morgan fingerprint density at radius 2 is 1.56 bits per heavy atom. The molecule has 2 N–H and O–H groups in total. The molecule has 0 spiro atoms. The SMILES string of the molecule is CS(=O)Nc1cccc(-c2ccc(-n3c(=N)n(Cc4ccccc4Cl)c4ccccc43)cc2)c1. The molecular weight excluding hydrogens is 464 g/mol. The van der Waals surface area contributed by atoms with Gasteiger partial charge >= 0.3 is 0 Å². The molecule has 0 saturated heterocycles. The van der Waals surface area contributed by atoms with E-state index < -0.39 is 11.0 Å². The largest absolute Gasteiger partial charge is 0.306 e. The zero-order valence-corrected chi connectivity index (χ0v) is 20.1. The van der Waals surface area contributed by atoms with Gasteiger partial charge in [-0.3, -0.25) is 9.98 Å². The van der Waals surface area contributed by atoms with Gasteiger partial charge in [-0.15, -0.1) is 0 Å². The number of halogens is 1. The molecule has 170 valence electrons. The highest BCUT2D eigenvalue weighted by Gasteiger charge is 2.13. The van der Waals surface area contributed by atoms with Crippen LogP contribution in [0.15, 0.2) is 97.1 Å². The lowest BCUT2D eigenvalue weighted by atomic mass is 10.0. The molecule has 5 rings (SSSR count). The van der Waals surface area contributed by atoms with Gasteiger partial charge in [-0.25, -0.2) is 4.21 Å². The van der Waals surface area contributed by atoms with Gasteiger partial charge in [-0.05, 0) is 59.2 Å². The van der Waals surface area contributed by atoms with Crippen LogP contribution in [0.2, 0.25) is 5.02 Å². The molecule has 5 aromatic rings. The zero-order valence-electron chi connectivity index (χ0n) is 18.5. The van der Waals surface area contributed by atoms with Gasteiger partial charge in [0.25, 0.3) is 0 Å². The van der Waals surface area contributed by atoms with Gasteiger partial charge in [0.05, 0.1) is 17.6 Å². The van der Waals surface area contributed by atoms with Crippen LogP contribution in [0.5, 0.6) is 0 Å². The van der Waals surface area contributed by atoms with E-state index >= 15 is 0 Å². The van der Waals surface area contributed by atoms with Crippen LogP contribution in [0.1, 0.15) is 5.56 Å². The van der Waals surface area contributed by atoms with Crippen LogP contribution < -0.4 is 10.3 Å². The van der Waals surface area contributed by atoms with Gasteiger partial charge in [0, 0.05) is 22.7 Å². The molecule has 0 bridgehead atoms. The highest BCUT2D eigenvalue weighted by Crippen LogP contribution is 2.26. The Labute approximate surface area is 205 Å². The van der Waals surface area contributed by atoms with Gasteiger partial charge in [0.2, 0.25) is 5.62 Å². The van der Waals surface area contributed by atoms with Crippen molar-refractivity contribution in [1.82, 2.24) is 9.13 Å². The van der Waals surface area contributed by atoms with Crippen molar-refractivity contribution in [2.45, 2.75) is 6.54 Å². The lowest BCUT2D eigenvalue weighted by Gasteiger charge is -2.09. The summed E-state index contributed by atoms with van der Waals surface area (Å²) in [7, 11) is -1.12. The summed E-state index contributed by atoms with van der Waals surface area (Å²) in [6, 6.07) is 31.8. The Bertz CT molecular complexity index is 1570. The maximum Gasteiger partial charge on any atom is 0.208 e. The Kier molecular flexibility index (Phi) is 6.09. The molecule has 0 fully saturated rings. The Hall–Kier alpha value is -3.61. The van der Waals surface area contributed by atoms with E-state index in [0.717, 1.165) is 39.1 Å². The first-order valence-corrected chi connectivity index (χ1v) is 12.7. The average Bonchev–Trinajstić information content (AvgIpc) is 3.11. The summed E-state index contributed by atoms with van der Waals surface area (Å²) < 4.78 is 18.4. The lowest BCUT2D eigenvalue weighted by molar-refractivity contribution is 0.690. The predicted octanol–water partition coefficient (Wildman–Crippen LogP) is 5.99. The number of benzene rings is 4. The van der Waals surface area contributed by atoms with E-state index in [1.807, 2.05) is 106 Å². The molecule has 4 aromatic carbocycles. The molecule has 0 amide bonds. The van der Waals surface area contributed by atoms with Gasteiger partial charge < -0.3 is 9.29 Å². The van der Waals surface area contributed by atoms with Gasteiger partial charge in [0.15, 0.2) is 0 Å². The maximum absolute atomic E-state index is 11.5. The quantitative estimate of drug-likeness (QED) is 0.304. The summed E-state index contributed by atoms with van der Waals surface area (Å²) in [6.45, 7) is 0.517. The summed E-state index contributed by atoms with van der Waals surface area (Å²) >= 11 is 6.41. The third-order valence-electron chi connectivity index (χ3n) is 5.75. The van der Waals surface area contributed by atoms with E-state index in [9.17, 15) is 4.21 Å². The van der Waals surface area contributed by atoms with E-state index in [2.05, 4.69) is 4.72 Å². The van der Waals surface area contributed by atoms with Crippen LogP contribution in [-0.4, -0.2) is 19.6 Å². The Balaban J connectivity index is 1.55. The minimum atomic E-state index is -1.12. The molecule has 0 radical (unpaired) electrons. The molecule has 0 aliphatic heterocycles. The van der Waals surface area contributed by atoms with Crippen molar-refractivity contribution >= 4 is 39.3 Å². The third kappa shape index (κ3) is 4.30. The second-order valence-electron chi connectivity index (χ2n) is 8.01. The number of hydrogen-bond acceptors (Lipinski definition) is 2. The normalized spacial score (nSPS) is 12.1. The van der Waals surface area contributed by atoms with Crippen LogP contribution >= 0.6 is 11.6 Å². The molecule has 1 atom stereocenters. The first kappa shape index (κ1) is 22.2. The minimum absolute atomic E-state index is 0.380. The second kappa shape index (κ2) is 9.33. The highest BCUT2D eigenvalue weighted by molar-refractivity contribution is 7.85. The second-order valence-corrected chi connectivity index (χ2v) is 9.53. The number of hydrogen-bond donors (Lipinski definition) is 2. The van der Waals surface area contributed by atoms with Crippen molar-refractivity contribution in [3.63, 3.8) is 0 Å². The molecular formula is C27H23ClN4OS. The fourth-order valence-electron chi connectivity index (χ4n) is 4.18. The standard InChI is InChI=1S/C27H23ClN4OS/c1-34(33)30-22-9-6-8-20(17-22)19-13-15-23(16-14-19)32-26-12-5-4-11-25(26)31(27(32)29)18-21-7-2-3-10-24(21)28/h2-17,29-30H,18H2,1H3. The molecule has 1 unspecified atom stereocenters. The van der Waals surface area contributed by atoms with Crippen LogP contribution in [0, 0.1) is 5.41 Å². The van der Waals surface area contributed by atoms with Crippen molar-refractivity contribution < 1.29 is 4.21 Å². The fraction of sp³-hybridized carbons (Fsp3) is 0.0741. The van der Waals surface area contributed by atoms with Crippen LogP contribution in [0.3, 0.4) is 0 Å². The molecule has 1 aromatic heterocycles. The molecule has 0 saturated carbocycles. The van der Waals surface area contributed by atoms with E-state index in [1.54, 1.807) is 6.26 Å². The number of nitrogens with one attached hydrogen (secondary N) is 2. The third-order valence-corrected chi connectivity index (χ3v) is 6.64. The van der Waals surface area contributed by atoms with Crippen LogP contribution in [0.4, 0.5) is 5.69 Å². The Morgan fingerprint density at radius 3 is 2.29 bits per heavy atom. The molecule has 5 nitrogen and oxygen atoms in total. The number of nitrogens with zero attached hydrogens (tertiary/aromatic N) is 2. The molecule has 1 heterocycles. The van der Waals surface area contributed by atoms with Crippen molar-refractivity contribution in [3.8, 4) is 16.8 Å². The summed E-state index contributed by atoms with van der Waals surface area (Å²) in [5.41, 5.74) is 7.08. The van der Waals surface area contributed by atoms with Crippen molar-refractivity contribution in [2.24, 2.45) is 0 Å². The van der Waals surface area contributed by atoms with Crippen molar-refractivity contribution in [3.05, 3.63) is 113 Å². The Morgan fingerprint density at radius 1 is 0.853 bits per heavy atom. The molecule has 0 aliphatic rings. The lowest BCUT2D eigenvalue weighted by Crippen LogP contribution is -2.24. The number of imidazole rings is 1. The first-order chi connectivity index (χ1) is 16.5. The van der Waals surface area contributed by atoms with Crippen molar-refractivity contribution in [2.75, 3.05) is 11.0 Å². The number of fused-ring (bicyclic) bond motifs is 1. The zero-order chi connectivity index (χ0) is 23.7. The summed E-state index contributed by atoms with van der Waals surface area (Å²) in [6.07, 6.45) is 1.61. The van der Waals surface area contributed by atoms with Crippen molar-refractivity contribution in [1.29, 1.82) is 5.41 Å². The van der Waals surface area contributed by atoms with Gasteiger partial charge in [-0.2, -0.15) is 0 Å². The number of rotatable bonds is 6. The van der Waals surface area contributed by atoms with E-state index in [-0.39, 0.29) is 0 Å². The molecule has 34 heavy (non-hydrogen) atoms.